The number of thioether (sulfide) groups is 1. The number of halogens is 1. The van der Waals surface area contributed by atoms with E-state index in [4.69, 9.17) is 5.73 Å². The topological polar surface area (TPSA) is 82.0 Å². The molecule has 1 aromatic carbocycles. The number of nitrogens with two attached hydrogens (primary N) is 1. The quantitative estimate of drug-likeness (QED) is 0.528. The summed E-state index contributed by atoms with van der Waals surface area (Å²) in [6, 6.07) is 7.54. The third kappa shape index (κ3) is 3.19. The molecule has 2 aromatic rings. The van der Waals surface area contributed by atoms with Gasteiger partial charge in [0, 0.05) is 17.4 Å². The summed E-state index contributed by atoms with van der Waals surface area (Å²) in [5.74, 6) is -0.528. The molecule has 98 valence electrons. The zero-order valence-electron chi connectivity index (χ0n) is 9.75. The maximum absolute atomic E-state index is 13.8. The molecule has 0 amide bonds. The van der Waals surface area contributed by atoms with Crippen LogP contribution in [0.15, 0.2) is 41.6 Å². The minimum absolute atomic E-state index is 0.268. The van der Waals surface area contributed by atoms with Gasteiger partial charge in [-0.1, -0.05) is 12.1 Å². The van der Waals surface area contributed by atoms with Crippen LogP contribution in [0, 0.1) is 15.9 Å². The van der Waals surface area contributed by atoms with Gasteiger partial charge in [0.05, 0.1) is 21.8 Å². The van der Waals surface area contributed by atoms with Crippen LogP contribution in [-0.2, 0) is 5.75 Å². The Balaban J connectivity index is 2.13. The highest BCUT2D eigenvalue weighted by Crippen LogP contribution is 2.26. The van der Waals surface area contributed by atoms with E-state index in [1.165, 1.54) is 30.1 Å². The van der Waals surface area contributed by atoms with Gasteiger partial charge >= 0.3 is 5.69 Å². The molecule has 0 spiro atoms. The number of hydrogen-bond donors (Lipinski definition) is 1. The number of pyridine rings is 1. The van der Waals surface area contributed by atoms with Crippen LogP contribution in [0.25, 0.3) is 0 Å². The van der Waals surface area contributed by atoms with Crippen LogP contribution in [0.3, 0.4) is 0 Å². The average Bonchev–Trinajstić information content (AvgIpc) is 2.39. The van der Waals surface area contributed by atoms with Gasteiger partial charge in [-0.2, -0.15) is 4.39 Å². The molecule has 1 aromatic heterocycles. The van der Waals surface area contributed by atoms with E-state index in [9.17, 15) is 14.5 Å². The Morgan fingerprint density at radius 2 is 2.16 bits per heavy atom. The fourth-order valence-corrected chi connectivity index (χ4v) is 2.27. The fraction of sp³-hybridized carbons (Fsp3) is 0.0833. The third-order valence-electron chi connectivity index (χ3n) is 2.39. The maximum atomic E-state index is 13.8. The largest absolute Gasteiger partial charge is 0.397 e. The summed E-state index contributed by atoms with van der Waals surface area (Å²) >= 11 is 1.29. The number of nitrogens with zero attached hydrogens (tertiary/aromatic N) is 2. The van der Waals surface area contributed by atoms with Crippen molar-refractivity contribution in [3.63, 3.8) is 0 Å². The molecule has 2 N–H and O–H groups in total. The van der Waals surface area contributed by atoms with Crippen molar-refractivity contribution in [3.8, 4) is 0 Å². The number of anilines is 1. The molecule has 0 aliphatic rings. The summed E-state index contributed by atoms with van der Waals surface area (Å²) in [6.45, 7) is 0. The van der Waals surface area contributed by atoms with Crippen molar-refractivity contribution in [3.05, 3.63) is 58.0 Å². The summed E-state index contributed by atoms with van der Waals surface area (Å²) in [7, 11) is 0. The van der Waals surface area contributed by atoms with Gasteiger partial charge in [-0.15, -0.1) is 11.8 Å². The Morgan fingerprint density at radius 3 is 2.79 bits per heavy atom. The first-order chi connectivity index (χ1) is 9.08. The highest BCUT2D eigenvalue weighted by atomic mass is 32.2. The van der Waals surface area contributed by atoms with Crippen LogP contribution in [0.4, 0.5) is 15.8 Å². The molecule has 19 heavy (non-hydrogen) atoms. The number of nitro groups is 1. The van der Waals surface area contributed by atoms with Crippen molar-refractivity contribution in [2.24, 2.45) is 0 Å². The van der Waals surface area contributed by atoms with Crippen molar-refractivity contribution < 1.29 is 9.31 Å². The molecular formula is C12H10FN3O2S. The van der Waals surface area contributed by atoms with Crippen LogP contribution in [-0.4, -0.2) is 9.91 Å². The van der Waals surface area contributed by atoms with Crippen molar-refractivity contribution in [1.29, 1.82) is 0 Å². The van der Waals surface area contributed by atoms with Crippen molar-refractivity contribution in [2.45, 2.75) is 10.8 Å². The van der Waals surface area contributed by atoms with E-state index in [0.29, 0.717) is 10.7 Å². The smallest absolute Gasteiger partial charge is 0.305 e. The Labute approximate surface area is 112 Å². The van der Waals surface area contributed by atoms with E-state index in [0.717, 1.165) is 6.07 Å². The second-order valence-electron chi connectivity index (χ2n) is 3.73. The summed E-state index contributed by atoms with van der Waals surface area (Å²) in [4.78, 5) is 13.9. The van der Waals surface area contributed by atoms with Gasteiger partial charge in [0.1, 0.15) is 0 Å². The van der Waals surface area contributed by atoms with Crippen molar-refractivity contribution in [1.82, 2.24) is 4.98 Å². The lowest BCUT2D eigenvalue weighted by molar-refractivity contribution is -0.387. The number of rotatable bonds is 4. The summed E-state index contributed by atoms with van der Waals surface area (Å²) in [6.07, 6.45) is 1.51. The predicted molar refractivity (Wildman–Crippen MR) is 71.3 cm³/mol. The van der Waals surface area contributed by atoms with Crippen LogP contribution >= 0.6 is 11.8 Å². The number of hydrogen-bond acceptors (Lipinski definition) is 5. The minimum atomic E-state index is -0.796. The molecule has 0 fully saturated rings. The molecule has 0 saturated carbocycles. The molecular weight excluding hydrogens is 269 g/mol. The number of aromatic nitrogens is 1. The molecule has 0 saturated heterocycles. The van der Waals surface area contributed by atoms with Crippen LogP contribution < -0.4 is 5.73 Å². The zero-order valence-corrected chi connectivity index (χ0v) is 10.6. The first kappa shape index (κ1) is 13.3. The molecule has 7 heteroatoms. The molecule has 0 atom stereocenters. The molecule has 0 aliphatic carbocycles. The van der Waals surface area contributed by atoms with E-state index in [1.54, 1.807) is 12.1 Å². The van der Waals surface area contributed by atoms with Crippen molar-refractivity contribution in [2.75, 3.05) is 5.73 Å². The van der Waals surface area contributed by atoms with Crippen LogP contribution in [0.1, 0.15) is 5.56 Å². The normalized spacial score (nSPS) is 10.4. The molecule has 0 unspecified atom stereocenters. The van der Waals surface area contributed by atoms with Gasteiger partial charge < -0.3 is 5.73 Å². The number of nitro benzene ring substituents is 1. The molecule has 0 aliphatic heterocycles. The fourth-order valence-electron chi connectivity index (χ4n) is 1.45. The molecule has 5 nitrogen and oxygen atoms in total. The first-order valence-corrected chi connectivity index (χ1v) is 6.32. The Morgan fingerprint density at radius 1 is 1.37 bits per heavy atom. The van der Waals surface area contributed by atoms with Gasteiger partial charge in [-0.05, 0) is 12.1 Å². The third-order valence-corrected chi connectivity index (χ3v) is 3.38. The van der Waals surface area contributed by atoms with Gasteiger partial charge in [0.25, 0.3) is 0 Å². The summed E-state index contributed by atoms with van der Waals surface area (Å²) in [5, 5.41) is 11.3. The van der Waals surface area contributed by atoms with E-state index >= 15 is 0 Å². The van der Waals surface area contributed by atoms with E-state index in [2.05, 4.69) is 4.98 Å². The second-order valence-corrected chi connectivity index (χ2v) is 4.72. The highest BCUT2D eigenvalue weighted by Gasteiger charge is 2.17. The van der Waals surface area contributed by atoms with Crippen LogP contribution in [0.5, 0.6) is 0 Å². The zero-order chi connectivity index (χ0) is 13.8. The molecule has 0 radical (unpaired) electrons. The average molecular weight is 279 g/mol. The molecule has 0 bridgehead atoms. The van der Waals surface area contributed by atoms with Crippen LogP contribution in [0.2, 0.25) is 0 Å². The van der Waals surface area contributed by atoms with Gasteiger partial charge in [-0.25, -0.2) is 4.98 Å². The molecule has 2 rings (SSSR count). The van der Waals surface area contributed by atoms with Gasteiger partial charge in [-0.3, -0.25) is 10.1 Å². The highest BCUT2D eigenvalue weighted by molar-refractivity contribution is 7.98. The minimum Gasteiger partial charge on any atom is -0.397 e. The van der Waals surface area contributed by atoms with Crippen molar-refractivity contribution >= 4 is 23.1 Å². The maximum Gasteiger partial charge on any atom is 0.305 e. The summed E-state index contributed by atoms with van der Waals surface area (Å²) in [5.41, 5.74) is 5.82. The predicted octanol–water partition coefficient (Wildman–Crippen LogP) is 3.00. The van der Waals surface area contributed by atoms with E-state index < -0.39 is 16.4 Å². The Bertz CT molecular complexity index is 604. The van der Waals surface area contributed by atoms with Gasteiger partial charge in [0.15, 0.2) is 0 Å². The standard InChI is InChI=1S/C12H10FN3O2S/c13-12-8(2-1-3-10(12)16(17)18)7-19-11-5-4-9(14)6-15-11/h1-6H,7,14H2. The summed E-state index contributed by atoms with van der Waals surface area (Å²) < 4.78 is 13.8. The monoisotopic (exact) mass is 279 g/mol. The Kier molecular flexibility index (Phi) is 3.96. The molecule has 1 heterocycles. The lowest BCUT2D eigenvalue weighted by Gasteiger charge is -2.03. The second kappa shape index (κ2) is 5.66. The van der Waals surface area contributed by atoms with E-state index in [1.807, 2.05) is 0 Å². The van der Waals surface area contributed by atoms with E-state index in [-0.39, 0.29) is 11.3 Å². The SMILES string of the molecule is Nc1ccc(SCc2cccc([N+](=O)[O-])c2F)nc1. The number of benzene rings is 1. The number of nitrogen functional groups attached to an aromatic ring is 1. The van der Waals surface area contributed by atoms with Gasteiger partial charge in [0.2, 0.25) is 5.82 Å². The lowest BCUT2D eigenvalue weighted by atomic mass is 10.2. The first-order valence-electron chi connectivity index (χ1n) is 5.34. The lowest BCUT2D eigenvalue weighted by Crippen LogP contribution is -1.96. The Hall–Kier alpha value is -2.15.